The van der Waals surface area contributed by atoms with E-state index < -0.39 is 0 Å². The SMILES string of the molecule is C=CCCOCCNC(=O)C1CNc2ccccc21. The molecule has 4 nitrogen and oxygen atoms in total. The molecule has 1 aliphatic rings. The van der Waals surface area contributed by atoms with Crippen LogP contribution in [0.4, 0.5) is 5.69 Å². The molecule has 2 N–H and O–H groups in total. The number of benzene rings is 1. The Morgan fingerprint density at radius 3 is 3.16 bits per heavy atom. The third-order valence-electron chi connectivity index (χ3n) is 3.16. The maximum absolute atomic E-state index is 12.1. The van der Waals surface area contributed by atoms with Gasteiger partial charge in [0.25, 0.3) is 0 Å². The van der Waals surface area contributed by atoms with Gasteiger partial charge >= 0.3 is 0 Å². The average Bonchev–Trinajstić information content (AvgIpc) is 2.86. The molecule has 0 saturated heterocycles. The largest absolute Gasteiger partial charge is 0.384 e. The molecule has 0 spiro atoms. The number of para-hydroxylation sites is 1. The molecule has 1 atom stereocenters. The van der Waals surface area contributed by atoms with E-state index in [4.69, 9.17) is 4.74 Å². The van der Waals surface area contributed by atoms with E-state index in [0.29, 0.717) is 26.3 Å². The first kappa shape index (κ1) is 13.6. The standard InChI is InChI=1S/C15H20N2O2/c1-2-3-9-19-10-8-16-15(18)13-11-17-14-7-5-4-6-12(13)14/h2,4-7,13,17H,1,3,8-11H2,(H,16,18). The Bertz CT molecular complexity index is 446. The van der Waals surface area contributed by atoms with Gasteiger partial charge in [0.05, 0.1) is 19.1 Å². The third kappa shape index (κ3) is 3.58. The molecule has 102 valence electrons. The van der Waals surface area contributed by atoms with Crippen molar-refractivity contribution in [2.45, 2.75) is 12.3 Å². The maximum Gasteiger partial charge on any atom is 0.229 e. The van der Waals surface area contributed by atoms with Gasteiger partial charge in [-0.1, -0.05) is 24.3 Å². The van der Waals surface area contributed by atoms with Crippen LogP contribution in [0.25, 0.3) is 0 Å². The lowest BCUT2D eigenvalue weighted by Crippen LogP contribution is -2.32. The number of anilines is 1. The highest BCUT2D eigenvalue weighted by Crippen LogP contribution is 2.30. The normalized spacial score (nSPS) is 16.5. The molecule has 0 fully saturated rings. The van der Waals surface area contributed by atoms with E-state index in [0.717, 1.165) is 17.7 Å². The molecule has 1 aromatic carbocycles. The van der Waals surface area contributed by atoms with E-state index in [1.807, 2.05) is 30.3 Å². The third-order valence-corrected chi connectivity index (χ3v) is 3.16. The van der Waals surface area contributed by atoms with Crippen LogP contribution in [0.3, 0.4) is 0 Å². The van der Waals surface area contributed by atoms with E-state index in [1.165, 1.54) is 0 Å². The van der Waals surface area contributed by atoms with E-state index in [1.54, 1.807) is 0 Å². The van der Waals surface area contributed by atoms with Crippen molar-refractivity contribution < 1.29 is 9.53 Å². The maximum atomic E-state index is 12.1. The molecule has 2 rings (SSSR count). The molecule has 4 heteroatoms. The zero-order valence-corrected chi connectivity index (χ0v) is 11.0. The minimum Gasteiger partial charge on any atom is -0.384 e. The van der Waals surface area contributed by atoms with Crippen molar-refractivity contribution in [3.8, 4) is 0 Å². The van der Waals surface area contributed by atoms with Gasteiger partial charge in [-0.3, -0.25) is 4.79 Å². The topological polar surface area (TPSA) is 50.4 Å². The van der Waals surface area contributed by atoms with Crippen LogP contribution in [0.1, 0.15) is 17.9 Å². The van der Waals surface area contributed by atoms with Crippen LogP contribution in [0, 0.1) is 0 Å². The van der Waals surface area contributed by atoms with E-state index in [9.17, 15) is 4.79 Å². The molecule has 0 aromatic heterocycles. The van der Waals surface area contributed by atoms with Gasteiger partial charge in [-0.05, 0) is 18.1 Å². The Morgan fingerprint density at radius 2 is 2.32 bits per heavy atom. The molecule has 0 aliphatic carbocycles. The second kappa shape index (κ2) is 6.95. The van der Waals surface area contributed by atoms with Gasteiger partial charge in [0.15, 0.2) is 0 Å². The first-order valence-electron chi connectivity index (χ1n) is 6.62. The summed E-state index contributed by atoms with van der Waals surface area (Å²) in [5, 5.41) is 6.16. The first-order valence-corrected chi connectivity index (χ1v) is 6.62. The van der Waals surface area contributed by atoms with Crippen molar-refractivity contribution in [1.29, 1.82) is 0 Å². The summed E-state index contributed by atoms with van der Waals surface area (Å²) in [7, 11) is 0. The lowest BCUT2D eigenvalue weighted by molar-refractivity contribution is -0.122. The zero-order chi connectivity index (χ0) is 13.5. The van der Waals surface area contributed by atoms with E-state index in [-0.39, 0.29) is 11.8 Å². The van der Waals surface area contributed by atoms with Crippen molar-refractivity contribution in [3.63, 3.8) is 0 Å². The smallest absolute Gasteiger partial charge is 0.229 e. The summed E-state index contributed by atoms with van der Waals surface area (Å²) in [6.45, 7) is 6.05. The molecule has 1 aliphatic heterocycles. The second-order valence-electron chi connectivity index (χ2n) is 4.50. The highest BCUT2D eigenvalue weighted by atomic mass is 16.5. The fourth-order valence-corrected chi connectivity index (χ4v) is 2.16. The molecule has 1 heterocycles. The minimum atomic E-state index is -0.0932. The number of carbonyl (C=O) groups is 1. The predicted molar refractivity (Wildman–Crippen MR) is 76.3 cm³/mol. The summed E-state index contributed by atoms with van der Waals surface area (Å²) in [4.78, 5) is 12.1. The number of hydrogen-bond donors (Lipinski definition) is 2. The van der Waals surface area contributed by atoms with Gasteiger partial charge in [-0.2, -0.15) is 0 Å². The van der Waals surface area contributed by atoms with Crippen LogP contribution < -0.4 is 10.6 Å². The fourth-order valence-electron chi connectivity index (χ4n) is 2.16. The van der Waals surface area contributed by atoms with Gasteiger partial charge in [-0.15, -0.1) is 6.58 Å². The molecule has 1 unspecified atom stereocenters. The number of carbonyl (C=O) groups excluding carboxylic acids is 1. The zero-order valence-electron chi connectivity index (χ0n) is 11.0. The number of rotatable bonds is 7. The average molecular weight is 260 g/mol. The first-order chi connectivity index (χ1) is 9.33. The summed E-state index contributed by atoms with van der Waals surface area (Å²) in [6.07, 6.45) is 2.66. The van der Waals surface area contributed by atoms with E-state index >= 15 is 0 Å². The van der Waals surface area contributed by atoms with Crippen molar-refractivity contribution in [2.75, 3.05) is 31.6 Å². The summed E-state index contributed by atoms with van der Waals surface area (Å²) in [5.74, 6) is -0.0332. The minimum absolute atomic E-state index is 0.0600. The number of nitrogens with one attached hydrogen (secondary N) is 2. The summed E-state index contributed by atoms with van der Waals surface area (Å²) >= 11 is 0. The summed E-state index contributed by atoms with van der Waals surface area (Å²) < 4.78 is 5.35. The quantitative estimate of drug-likeness (QED) is 0.581. The molecule has 1 aromatic rings. The fraction of sp³-hybridized carbons (Fsp3) is 0.400. The molecule has 1 amide bonds. The Hall–Kier alpha value is -1.81. The van der Waals surface area contributed by atoms with Crippen LogP contribution in [0.5, 0.6) is 0 Å². The Labute approximate surface area is 113 Å². The molecular formula is C15H20N2O2. The monoisotopic (exact) mass is 260 g/mol. The summed E-state index contributed by atoms with van der Waals surface area (Å²) in [6, 6.07) is 7.94. The summed E-state index contributed by atoms with van der Waals surface area (Å²) in [5.41, 5.74) is 2.14. The van der Waals surface area contributed by atoms with Crippen molar-refractivity contribution in [2.24, 2.45) is 0 Å². The lowest BCUT2D eigenvalue weighted by Gasteiger charge is -2.11. The molecule has 0 radical (unpaired) electrons. The van der Waals surface area contributed by atoms with Crippen LogP contribution in [0.15, 0.2) is 36.9 Å². The highest BCUT2D eigenvalue weighted by Gasteiger charge is 2.27. The van der Waals surface area contributed by atoms with Crippen LogP contribution >= 0.6 is 0 Å². The van der Waals surface area contributed by atoms with Crippen molar-refractivity contribution in [3.05, 3.63) is 42.5 Å². The highest BCUT2D eigenvalue weighted by molar-refractivity contribution is 5.88. The lowest BCUT2D eigenvalue weighted by atomic mass is 10.0. The van der Waals surface area contributed by atoms with Gasteiger partial charge in [-0.25, -0.2) is 0 Å². The Morgan fingerprint density at radius 1 is 1.47 bits per heavy atom. The number of ether oxygens (including phenoxy) is 1. The molecule has 0 bridgehead atoms. The van der Waals surface area contributed by atoms with Gasteiger partial charge in [0.2, 0.25) is 5.91 Å². The van der Waals surface area contributed by atoms with Crippen LogP contribution in [0.2, 0.25) is 0 Å². The molecule has 0 saturated carbocycles. The number of hydrogen-bond acceptors (Lipinski definition) is 3. The van der Waals surface area contributed by atoms with Crippen LogP contribution in [-0.2, 0) is 9.53 Å². The van der Waals surface area contributed by atoms with Gasteiger partial charge < -0.3 is 15.4 Å². The second-order valence-corrected chi connectivity index (χ2v) is 4.50. The molecular weight excluding hydrogens is 240 g/mol. The number of amides is 1. The predicted octanol–water partition coefficient (Wildman–Crippen LogP) is 1.90. The Balaban J connectivity index is 1.74. The van der Waals surface area contributed by atoms with Gasteiger partial charge in [0, 0.05) is 18.8 Å². The number of fused-ring (bicyclic) bond motifs is 1. The molecule has 19 heavy (non-hydrogen) atoms. The van der Waals surface area contributed by atoms with E-state index in [2.05, 4.69) is 17.2 Å². The Kier molecular flexibility index (Phi) is 4.98. The van der Waals surface area contributed by atoms with Crippen molar-refractivity contribution in [1.82, 2.24) is 5.32 Å². The van der Waals surface area contributed by atoms with Gasteiger partial charge in [0.1, 0.15) is 0 Å². The van der Waals surface area contributed by atoms with Crippen molar-refractivity contribution >= 4 is 11.6 Å². The van der Waals surface area contributed by atoms with Crippen LogP contribution in [-0.4, -0.2) is 32.2 Å².